The molecule has 1 aromatic heterocycles. The van der Waals surface area contributed by atoms with Crippen molar-refractivity contribution in [3.8, 4) is 11.3 Å². The molecule has 0 bridgehead atoms. The maximum Gasteiger partial charge on any atom is 0.220 e. The molecule has 0 spiro atoms. The number of aryl methyl sites for hydroxylation is 1. The van der Waals surface area contributed by atoms with Crippen molar-refractivity contribution in [1.29, 1.82) is 0 Å². The highest BCUT2D eigenvalue weighted by atomic mass is 79.9. The fourth-order valence-electron chi connectivity index (χ4n) is 3.69. The van der Waals surface area contributed by atoms with Gasteiger partial charge in [0.2, 0.25) is 5.91 Å². The van der Waals surface area contributed by atoms with Gasteiger partial charge in [0.1, 0.15) is 0 Å². The summed E-state index contributed by atoms with van der Waals surface area (Å²) in [4.78, 5) is 18.9. The predicted octanol–water partition coefficient (Wildman–Crippen LogP) is 5.33. The van der Waals surface area contributed by atoms with Gasteiger partial charge >= 0.3 is 0 Å². The van der Waals surface area contributed by atoms with Crippen LogP contribution in [0.4, 0.5) is 5.69 Å². The van der Waals surface area contributed by atoms with Crippen LogP contribution in [0, 0.1) is 5.92 Å². The molecule has 2 aromatic carbocycles. The minimum atomic E-state index is 0.0217. The molecule has 5 nitrogen and oxygen atoms in total. The molecule has 1 saturated heterocycles. The Bertz CT molecular complexity index is 1020. The van der Waals surface area contributed by atoms with Gasteiger partial charge in [0.05, 0.1) is 11.2 Å². The maximum absolute atomic E-state index is 12.3. The second kappa shape index (κ2) is 9.67. The number of carbonyl (C=O) groups is 1. The van der Waals surface area contributed by atoms with Crippen molar-refractivity contribution >= 4 is 39.1 Å². The van der Waals surface area contributed by atoms with Gasteiger partial charge in [0.25, 0.3) is 0 Å². The molecule has 4 rings (SSSR count). The third kappa shape index (κ3) is 5.24. The van der Waals surface area contributed by atoms with Gasteiger partial charge in [-0.3, -0.25) is 4.79 Å². The summed E-state index contributed by atoms with van der Waals surface area (Å²) in [5.41, 5.74) is 2.02. The van der Waals surface area contributed by atoms with E-state index in [1.807, 2.05) is 36.4 Å². The molecule has 1 atom stereocenters. The SMILES string of the molecule is O=C(CCc1ncc(-c2ccccc2Cl)o1)NCC1CCN(c2cccc(Br)c2)C1. The largest absolute Gasteiger partial charge is 0.441 e. The van der Waals surface area contributed by atoms with Gasteiger partial charge in [-0.1, -0.05) is 45.7 Å². The van der Waals surface area contributed by atoms with E-state index in [4.69, 9.17) is 16.0 Å². The molecule has 1 amide bonds. The monoisotopic (exact) mass is 487 g/mol. The van der Waals surface area contributed by atoms with Gasteiger partial charge < -0.3 is 14.6 Å². The van der Waals surface area contributed by atoms with Crippen LogP contribution in [0.2, 0.25) is 5.02 Å². The van der Waals surface area contributed by atoms with E-state index in [-0.39, 0.29) is 5.91 Å². The summed E-state index contributed by atoms with van der Waals surface area (Å²) in [7, 11) is 0. The molecule has 3 aromatic rings. The predicted molar refractivity (Wildman–Crippen MR) is 123 cm³/mol. The number of amides is 1. The molecule has 0 saturated carbocycles. The fourth-order valence-corrected chi connectivity index (χ4v) is 4.30. The quantitative estimate of drug-likeness (QED) is 0.488. The second-order valence-corrected chi connectivity index (χ2v) is 8.81. The van der Waals surface area contributed by atoms with Gasteiger partial charge in [-0.2, -0.15) is 0 Å². The Morgan fingerprint density at radius 2 is 2.13 bits per heavy atom. The molecule has 1 fully saturated rings. The average Bonchev–Trinajstić information content (AvgIpc) is 3.41. The van der Waals surface area contributed by atoms with E-state index in [9.17, 15) is 4.79 Å². The number of oxazole rings is 1. The Morgan fingerprint density at radius 1 is 1.27 bits per heavy atom. The molecular formula is C23H23BrClN3O2. The van der Waals surface area contributed by atoms with Crippen LogP contribution in [-0.4, -0.2) is 30.5 Å². The van der Waals surface area contributed by atoms with E-state index in [2.05, 4.69) is 43.3 Å². The molecule has 7 heteroatoms. The van der Waals surface area contributed by atoms with Crippen LogP contribution in [0.1, 0.15) is 18.7 Å². The van der Waals surface area contributed by atoms with Crippen molar-refractivity contribution in [3.63, 3.8) is 0 Å². The summed E-state index contributed by atoms with van der Waals surface area (Å²) in [6.07, 6.45) is 3.55. The van der Waals surface area contributed by atoms with Gasteiger partial charge in [-0.15, -0.1) is 0 Å². The molecule has 1 unspecified atom stereocenters. The number of nitrogens with one attached hydrogen (secondary N) is 1. The standard InChI is InChI=1S/C23H23BrClN3O2/c24-17-4-3-5-18(12-17)28-11-10-16(15-28)13-26-22(29)8-9-23-27-14-21(30-23)19-6-1-2-7-20(19)25/h1-7,12,14,16H,8-11,13,15H2,(H,26,29). The minimum absolute atomic E-state index is 0.0217. The lowest BCUT2D eigenvalue weighted by Gasteiger charge is -2.19. The van der Waals surface area contributed by atoms with E-state index in [1.165, 1.54) is 5.69 Å². The first-order valence-electron chi connectivity index (χ1n) is 10.1. The number of nitrogens with zero attached hydrogens (tertiary/aromatic N) is 2. The minimum Gasteiger partial charge on any atom is -0.441 e. The molecule has 0 radical (unpaired) electrons. The van der Waals surface area contributed by atoms with Crippen LogP contribution in [0.5, 0.6) is 0 Å². The maximum atomic E-state index is 12.3. The zero-order chi connectivity index (χ0) is 20.9. The van der Waals surface area contributed by atoms with E-state index in [1.54, 1.807) is 6.20 Å². The number of carbonyl (C=O) groups excluding carboxylic acids is 1. The Hall–Kier alpha value is -2.31. The molecule has 1 N–H and O–H groups in total. The Morgan fingerprint density at radius 3 is 2.97 bits per heavy atom. The second-order valence-electron chi connectivity index (χ2n) is 7.48. The van der Waals surface area contributed by atoms with Crippen LogP contribution in [0.3, 0.4) is 0 Å². The highest BCUT2D eigenvalue weighted by Gasteiger charge is 2.23. The number of benzene rings is 2. The normalized spacial score (nSPS) is 16.1. The van der Waals surface area contributed by atoms with Crippen LogP contribution >= 0.6 is 27.5 Å². The Kier molecular flexibility index (Phi) is 6.75. The smallest absolute Gasteiger partial charge is 0.220 e. The fraction of sp³-hybridized carbons (Fsp3) is 0.304. The summed E-state index contributed by atoms with van der Waals surface area (Å²) in [6, 6.07) is 15.8. The van der Waals surface area contributed by atoms with E-state index in [0.717, 1.165) is 29.5 Å². The average molecular weight is 489 g/mol. The molecule has 2 heterocycles. The van der Waals surface area contributed by atoms with Crippen LogP contribution in [0.25, 0.3) is 11.3 Å². The zero-order valence-corrected chi connectivity index (χ0v) is 18.8. The van der Waals surface area contributed by atoms with Crippen molar-refractivity contribution in [2.45, 2.75) is 19.3 Å². The molecule has 1 aliphatic rings. The van der Waals surface area contributed by atoms with Crippen LogP contribution < -0.4 is 10.2 Å². The molecule has 0 aliphatic carbocycles. The van der Waals surface area contributed by atoms with Gasteiger partial charge in [0, 0.05) is 48.2 Å². The summed E-state index contributed by atoms with van der Waals surface area (Å²) in [5, 5.41) is 3.68. The first-order valence-corrected chi connectivity index (χ1v) is 11.2. The van der Waals surface area contributed by atoms with E-state index >= 15 is 0 Å². The van der Waals surface area contributed by atoms with Crippen molar-refractivity contribution in [2.24, 2.45) is 5.92 Å². The molecular weight excluding hydrogens is 466 g/mol. The van der Waals surface area contributed by atoms with Crippen molar-refractivity contribution in [1.82, 2.24) is 10.3 Å². The lowest BCUT2D eigenvalue weighted by molar-refractivity contribution is -0.121. The highest BCUT2D eigenvalue weighted by Crippen LogP contribution is 2.28. The number of hydrogen-bond donors (Lipinski definition) is 1. The van der Waals surface area contributed by atoms with Crippen molar-refractivity contribution < 1.29 is 9.21 Å². The lowest BCUT2D eigenvalue weighted by atomic mass is 10.1. The first-order chi connectivity index (χ1) is 14.6. The number of anilines is 1. The number of rotatable bonds is 7. The summed E-state index contributed by atoms with van der Waals surface area (Å²) >= 11 is 9.72. The third-order valence-electron chi connectivity index (χ3n) is 5.31. The summed E-state index contributed by atoms with van der Waals surface area (Å²) in [6.45, 7) is 2.66. The van der Waals surface area contributed by atoms with Gasteiger partial charge in [-0.05, 0) is 42.7 Å². The number of aromatic nitrogens is 1. The van der Waals surface area contributed by atoms with Crippen LogP contribution in [0.15, 0.2) is 63.6 Å². The molecule has 156 valence electrons. The Labute approximate surface area is 189 Å². The van der Waals surface area contributed by atoms with Crippen molar-refractivity contribution in [2.75, 3.05) is 24.5 Å². The zero-order valence-electron chi connectivity index (χ0n) is 16.5. The van der Waals surface area contributed by atoms with Crippen molar-refractivity contribution in [3.05, 3.63) is 70.1 Å². The molecule has 1 aliphatic heterocycles. The van der Waals surface area contributed by atoms with Gasteiger partial charge in [-0.25, -0.2) is 4.98 Å². The number of hydrogen-bond acceptors (Lipinski definition) is 4. The number of halogens is 2. The third-order valence-corrected chi connectivity index (χ3v) is 6.13. The van der Waals surface area contributed by atoms with E-state index < -0.39 is 0 Å². The van der Waals surface area contributed by atoms with Crippen LogP contribution in [-0.2, 0) is 11.2 Å². The summed E-state index contributed by atoms with van der Waals surface area (Å²) in [5.74, 6) is 1.64. The highest BCUT2D eigenvalue weighted by molar-refractivity contribution is 9.10. The summed E-state index contributed by atoms with van der Waals surface area (Å²) < 4.78 is 6.85. The first kappa shape index (κ1) is 20.9. The molecule has 30 heavy (non-hydrogen) atoms. The van der Waals surface area contributed by atoms with Gasteiger partial charge in [0.15, 0.2) is 11.7 Å². The Balaban J connectivity index is 1.22. The topological polar surface area (TPSA) is 58.4 Å². The van der Waals surface area contributed by atoms with E-state index in [0.29, 0.717) is 42.0 Å². The lowest BCUT2D eigenvalue weighted by Crippen LogP contribution is -2.31.